The maximum absolute atomic E-state index is 12.1. The van der Waals surface area contributed by atoms with Gasteiger partial charge in [0.05, 0.1) is 5.69 Å². The van der Waals surface area contributed by atoms with Crippen LogP contribution in [0.15, 0.2) is 12.3 Å². The molecule has 3 nitrogen and oxygen atoms in total. The number of Topliss-reactive ketones (excluding diaryl/α,β-unsaturated/α-hetero) is 1. The second kappa shape index (κ2) is 7.05. The summed E-state index contributed by atoms with van der Waals surface area (Å²) in [4.78, 5) is 12.1. The van der Waals surface area contributed by atoms with Gasteiger partial charge in [0.2, 0.25) is 0 Å². The van der Waals surface area contributed by atoms with Crippen LogP contribution in [0.25, 0.3) is 0 Å². The number of hydrogen-bond acceptors (Lipinski definition) is 2. The third-order valence-corrected chi connectivity index (χ3v) is 4.73. The van der Waals surface area contributed by atoms with Gasteiger partial charge in [-0.1, -0.05) is 26.7 Å². The molecular weight excluding hydrogens is 248 g/mol. The molecule has 2 rings (SSSR count). The van der Waals surface area contributed by atoms with Crippen LogP contribution in [-0.2, 0) is 11.2 Å². The SMILES string of the molecule is CCCC1CCC(=O)C(Cc2ccn(C(C)CC)n2)C1. The summed E-state index contributed by atoms with van der Waals surface area (Å²) in [6, 6.07) is 2.53. The molecule has 0 N–H and O–H groups in total. The molecule has 1 aliphatic carbocycles. The largest absolute Gasteiger partial charge is 0.299 e. The molecule has 0 radical (unpaired) electrons. The van der Waals surface area contributed by atoms with Crippen molar-refractivity contribution in [1.29, 1.82) is 0 Å². The summed E-state index contributed by atoms with van der Waals surface area (Å²) < 4.78 is 2.03. The molecule has 20 heavy (non-hydrogen) atoms. The van der Waals surface area contributed by atoms with Gasteiger partial charge >= 0.3 is 0 Å². The van der Waals surface area contributed by atoms with E-state index in [0.29, 0.717) is 11.8 Å². The van der Waals surface area contributed by atoms with Gasteiger partial charge in [-0.05, 0) is 38.2 Å². The summed E-state index contributed by atoms with van der Waals surface area (Å²) in [6.45, 7) is 6.59. The van der Waals surface area contributed by atoms with Gasteiger partial charge in [0.25, 0.3) is 0 Å². The van der Waals surface area contributed by atoms with Gasteiger partial charge in [-0.25, -0.2) is 0 Å². The first kappa shape index (κ1) is 15.3. The molecule has 3 heteroatoms. The lowest BCUT2D eigenvalue weighted by Gasteiger charge is -2.27. The van der Waals surface area contributed by atoms with Crippen LogP contribution in [-0.4, -0.2) is 15.6 Å². The fourth-order valence-corrected chi connectivity index (χ4v) is 3.24. The fourth-order valence-electron chi connectivity index (χ4n) is 3.24. The van der Waals surface area contributed by atoms with Crippen molar-refractivity contribution in [1.82, 2.24) is 9.78 Å². The molecule has 1 aromatic heterocycles. The maximum Gasteiger partial charge on any atom is 0.136 e. The molecule has 1 aromatic rings. The van der Waals surface area contributed by atoms with E-state index in [1.807, 2.05) is 4.68 Å². The topological polar surface area (TPSA) is 34.9 Å². The summed E-state index contributed by atoms with van der Waals surface area (Å²) in [5, 5.41) is 4.65. The van der Waals surface area contributed by atoms with E-state index in [0.717, 1.165) is 43.7 Å². The van der Waals surface area contributed by atoms with Crippen LogP contribution >= 0.6 is 0 Å². The molecule has 0 aliphatic heterocycles. The Bertz CT molecular complexity index is 438. The average Bonchev–Trinajstić information content (AvgIpc) is 2.90. The Balaban J connectivity index is 1.97. The molecule has 3 atom stereocenters. The van der Waals surface area contributed by atoms with Crippen molar-refractivity contribution in [2.75, 3.05) is 0 Å². The Morgan fingerprint density at radius 3 is 2.95 bits per heavy atom. The predicted molar refractivity (Wildman–Crippen MR) is 81.7 cm³/mol. The highest BCUT2D eigenvalue weighted by atomic mass is 16.1. The van der Waals surface area contributed by atoms with E-state index < -0.39 is 0 Å². The monoisotopic (exact) mass is 276 g/mol. The quantitative estimate of drug-likeness (QED) is 0.781. The Hall–Kier alpha value is -1.12. The first-order chi connectivity index (χ1) is 9.63. The van der Waals surface area contributed by atoms with Gasteiger partial charge in [-0.2, -0.15) is 5.10 Å². The third kappa shape index (κ3) is 3.71. The summed E-state index contributed by atoms with van der Waals surface area (Å²) in [6.07, 6.45) is 9.43. The predicted octanol–water partition coefficient (Wildman–Crippen LogP) is 4.18. The minimum absolute atomic E-state index is 0.209. The fraction of sp³-hybridized carbons (Fsp3) is 0.765. The van der Waals surface area contributed by atoms with Crippen molar-refractivity contribution < 1.29 is 4.79 Å². The second-order valence-corrected chi connectivity index (χ2v) is 6.34. The van der Waals surface area contributed by atoms with Crippen molar-refractivity contribution in [3.8, 4) is 0 Å². The maximum atomic E-state index is 12.1. The van der Waals surface area contributed by atoms with E-state index >= 15 is 0 Å². The number of rotatable bonds is 6. The average molecular weight is 276 g/mol. The van der Waals surface area contributed by atoms with Crippen molar-refractivity contribution in [2.45, 2.75) is 71.8 Å². The van der Waals surface area contributed by atoms with E-state index in [1.165, 1.54) is 12.8 Å². The van der Waals surface area contributed by atoms with Crippen LogP contribution < -0.4 is 0 Å². The summed E-state index contributed by atoms with van der Waals surface area (Å²) in [5.41, 5.74) is 1.08. The molecular formula is C17H28N2O. The molecule has 0 aromatic carbocycles. The lowest BCUT2D eigenvalue weighted by molar-refractivity contribution is -0.125. The Morgan fingerprint density at radius 1 is 1.45 bits per heavy atom. The number of carbonyl (C=O) groups excluding carboxylic acids is 1. The zero-order valence-electron chi connectivity index (χ0n) is 13.1. The van der Waals surface area contributed by atoms with Crippen LogP contribution in [0.2, 0.25) is 0 Å². The highest BCUT2D eigenvalue weighted by Gasteiger charge is 2.28. The summed E-state index contributed by atoms with van der Waals surface area (Å²) >= 11 is 0. The van der Waals surface area contributed by atoms with E-state index in [2.05, 4.69) is 38.1 Å². The van der Waals surface area contributed by atoms with E-state index in [1.54, 1.807) is 0 Å². The molecule has 1 saturated carbocycles. The van der Waals surface area contributed by atoms with Crippen molar-refractivity contribution in [2.24, 2.45) is 11.8 Å². The Kier molecular flexibility index (Phi) is 5.38. The molecule has 1 aliphatic rings. The molecule has 0 saturated heterocycles. The standard InChI is InChI=1S/C17H28N2O/c1-4-6-14-7-8-17(20)15(11-14)12-16-9-10-19(18-16)13(3)5-2/h9-10,13-15H,4-8,11-12H2,1-3H3. The zero-order valence-corrected chi connectivity index (χ0v) is 13.1. The third-order valence-electron chi connectivity index (χ3n) is 4.73. The summed E-state index contributed by atoms with van der Waals surface area (Å²) in [7, 11) is 0. The Morgan fingerprint density at radius 2 is 2.25 bits per heavy atom. The first-order valence-corrected chi connectivity index (χ1v) is 8.20. The number of nitrogens with zero attached hydrogens (tertiary/aromatic N) is 2. The second-order valence-electron chi connectivity index (χ2n) is 6.34. The number of hydrogen-bond donors (Lipinski definition) is 0. The molecule has 3 unspecified atom stereocenters. The molecule has 0 amide bonds. The van der Waals surface area contributed by atoms with Gasteiger partial charge in [0.15, 0.2) is 0 Å². The Labute approximate surface area is 122 Å². The molecule has 112 valence electrons. The van der Waals surface area contributed by atoms with Crippen molar-refractivity contribution in [3.05, 3.63) is 18.0 Å². The zero-order chi connectivity index (χ0) is 14.5. The molecule has 0 spiro atoms. The molecule has 1 heterocycles. The summed E-state index contributed by atoms with van der Waals surface area (Å²) in [5.74, 6) is 1.41. The minimum atomic E-state index is 0.209. The van der Waals surface area contributed by atoms with Crippen molar-refractivity contribution in [3.63, 3.8) is 0 Å². The molecule has 0 bridgehead atoms. The number of aromatic nitrogens is 2. The van der Waals surface area contributed by atoms with Crippen LogP contribution in [0.4, 0.5) is 0 Å². The highest BCUT2D eigenvalue weighted by molar-refractivity contribution is 5.81. The lowest BCUT2D eigenvalue weighted by Crippen LogP contribution is -2.26. The van der Waals surface area contributed by atoms with Gasteiger partial charge in [0.1, 0.15) is 5.78 Å². The van der Waals surface area contributed by atoms with Gasteiger partial charge in [-0.15, -0.1) is 0 Å². The van der Waals surface area contributed by atoms with Gasteiger partial charge in [-0.3, -0.25) is 9.48 Å². The first-order valence-electron chi connectivity index (χ1n) is 8.20. The number of carbonyl (C=O) groups is 1. The van der Waals surface area contributed by atoms with Crippen molar-refractivity contribution >= 4 is 5.78 Å². The van der Waals surface area contributed by atoms with Gasteiger partial charge < -0.3 is 0 Å². The lowest BCUT2D eigenvalue weighted by atomic mass is 9.77. The van der Waals surface area contributed by atoms with Crippen LogP contribution in [0.3, 0.4) is 0 Å². The normalized spacial score (nSPS) is 24.9. The minimum Gasteiger partial charge on any atom is -0.299 e. The van der Waals surface area contributed by atoms with E-state index in [-0.39, 0.29) is 5.92 Å². The van der Waals surface area contributed by atoms with Crippen LogP contribution in [0.1, 0.15) is 71.0 Å². The molecule has 1 fully saturated rings. The smallest absolute Gasteiger partial charge is 0.136 e. The highest BCUT2D eigenvalue weighted by Crippen LogP contribution is 2.31. The van der Waals surface area contributed by atoms with E-state index in [4.69, 9.17) is 0 Å². The van der Waals surface area contributed by atoms with E-state index in [9.17, 15) is 4.79 Å². The number of ketones is 1. The van der Waals surface area contributed by atoms with Crippen LogP contribution in [0, 0.1) is 11.8 Å². The van der Waals surface area contributed by atoms with Crippen LogP contribution in [0.5, 0.6) is 0 Å². The van der Waals surface area contributed by atoms with Gasteiger partial charge in [0, 0.05) is 31.0 Å².